The Morgan fingerprint density at radius 1 is 1.07 bits per heavy atom. The van der Waals surface area contributed by atoms with Gasteiger partial charge in [0.2, 0.25) is 0 Å². The van der Waals surface area contributed by atoms with Gasteiger partial charge in [0.15, 0.2) is 0 Å². The molecule has 0 aromatic heterocycles. The third-order valence-electron chi connectivity index (χ3n) is 7.31. The summed E-state index contributed by atoms with van der Waals surface area (Å²) in [5, 5.41) is 0. The average molecular weight is 471 g/mol. The molecule has 2 aliphatic carbocycles. The second-order valence-electron chi connectivity index (χ2n) is 9.10. The molecule has 0 heterocycles. The van der Waals surface area contributed by atoms with Gasteiger partial charge in [0, 0.05) is 0 Å². The van der Waals surface area contributed by atoms with Crippen LogP contribution < -0.4 is 9.20 Å². The Morgan fingerprint density at radius 2 is 1.77 bits per heavy atom. The van der Waals surface area contributed by atoms with Crippen LogP contribution in [0.1, 0.15) is 38.3 Å². The number of ether oxygens (including phenoxy) is 2. The van der Waals surface area contributed by atoms with E-state index < -0.39 is 22.2 Å². The quantitative estimate of drug-likeness (QED) is 0.389. The van der Waals surface area contributed by atoms with Gasteiger partial charge in [-0.1, -0.05) is 0 Å². The van der Waals surface area contributed by atoms with Crippen molar-refractivity contribution in [3.63, 3.8) is 0 Å². The SMILES string of the molecule is COC(=O)[C@]12Cc3cc(OC)ccc3[C@](C)(C[C@@H]([Se]c3ccccc3)C1(C)C)C2=O. The summed E-state index contributed by atoms with van der Waals surface area (Å²) in [7, 11) is 3.03. The maximum atomic E-state index is 14.1. The molecule has 0 unspecified atom stereocenters. The first kappa shape index (κ1) is 21.1. The van der Waals surface area contributed by atoms with Gasteiger partial charge in [-0.15, -0.1) is 0 Å². The molecule has 4 nitrogen and oxygen atoms in total. The molecule has 5 heteroatoms. The molecule has 2 bridgehead atoms. The van der Waals surface area contributed by atoms with E-state index in [1.807, 2.05) is 31.2 Å². The third kappa shape index (κ3) is 2.79. The Labute approximate surface area is 184 Å². The van der Waals surface area contributed by atoms with E-state index in [0.717, 1.165) is 23.3 Å². The van der Waals surface area contributed by atoms with Gasteiger partial charge in [-0.25, -0.2) is 0 Å². The normalized spacial score (nSPS) is 29.1. The zero-order valence-electron chi connectivity index (χ0n) is 18.2. The van der Waals surface area contributed by atoms with Crippen molar-refractivity contribution in [3.8, 4) is 5.75 Å². The zero-order chi connectivity index (χ0) is 21.7. The second-order valence-corrected chi connectivity index (χ2v) is 11.8. The number of carbonyl (C=O) groups is 2. The molecular formula is C25H28O4Se. The van der Waals surface area contributed by atoms with Crippen LogP contribution in [0.25, 0.3) is 0 Å². The van der Waals surface area contributed by atoms with Crippen LogP contribution in [0.4, 0.5) is 0 Å². The maximum absolute atomic E-state index is 14.1. The Bertz CT molecular complexity index is 999. The summed E-state index contributed by atoms with van der Waals surface area (Å²) >= 11 is 0.121. The van der Waals surface area contributed by atoms with Crippen molar-refractivity contribution in [2.75, 3.05) is 14.2 Å². The predicted molar refractivity (Wildman–Crippen MR) is 117 cm³/mol. The number of esters is 1. The van der Waals surface area contributed by atoms with Gasteiger partial charge in [-0.2, -0.15) is 0 Å². The number of hydrogen-bond acceptors (Lipinski definition) is 4. The van der Waals surface area contributed by atoms with Crippen molar-refractivity contribution in [2.45, 2.75) is 43.8 Å². The third-order valence-corrected chi connectivity index (χ3v) is 10.6. The van der Waals surface area contributed by atoms with Crippen molar-refractivity contribution in [3.05, 3.63) is 59.7 Å². The summed E-state index contributed by atoms with van der Waals surface area (Å²) in [6.45, 7) is 6.19. The van der Waals surface area contributed by atoms with Crippen LogP contribution in [-0.2, 0) is 26.2 Å². The van der Waals surface area contributed by atoms with E-state index >= 15 is 0 Å². The summed E-state index contributed by atoms with van der Waals surface area (Å²) in [6, 6.07) is 16.3. The van der Waals surface area contributed by atoms with Gasteiger partial charge in [0.05, 0.1) is 0 Å². The minimum atomic E-state index is -1.20. The standard InChI is InChI=1S/C25H28O4Se/c1-23(2)20(30-18-9-7-6-8-10-18)15-24(3)19-12-11-17(28-4)13-16(19)14-25(23,21(24)26)22(27)29-5/h6-13,20H,14-15H2,1-5H3/t20-,24+,25-/m1/s1. The number of fused-ring (bicyclic) bond motifs is 4. The molecule has 0 radical (unpaired) electrons. The van der Waals surface area contributed by atoms with Gasteiger partial charge < -0.3 is 0 Å². The van der Waals surface area contributed by atoms with Crippen LogP contribution >= 0.6 is 0 Å². The van der Waals surface area contributed by atoms with Gasteiger partial charge in [-0.3, -0.25) is 0 Å². The Kier molecular flexibility index (Phi) is 5.11. The van der Waals surface area contributed by atoms with Gasteiger partial charge in [-0.05, 0) is 0 Å². The van der Waals surface area contributed by atoms with E-state index in [9.17, 15) is 9.59 Å². The molecule has 4 rings (SSSR count). The van der Waals surface area contributed by atoms with Gasteiger partial charge >= 0.3 is 185 Å². The summed E-state index contributed by atoms with van der Waals surface area (Å²) in [6.07, 6.45) is 1.08. The van der Waals surface area contributed by atoms with E-state index in [4.69, 9.17) is 9.47 Å². The van der Waals surface area contributed by atoms with E-state index in [0.29, 0.717) is 6.42 Å². The number of hydrogen-bond donors (Lipinski definition) is 0. The molecular weight excluding hydrogens is 443 g/mol. The molecule has 2 aliphatic rings. The molecule has 158 valence electrons. The number of ketones is 1. The van der Waals surface area contributed by atoms with E-state index in [1.165, 1.54) is 11.6 Å². The molecule has 2 aromatic rings. The average Bonchev–Trinajstić information content (AvgIpc) is 2.74. The van der Waals surface area contributed by atoms with Crippen LogP contribution in [0.15, 0.2) is 48.5 Å². The monoisotopic (exact) mass is 472 g/mol. The number of methoxy groups -OCH3 is 2. The first-order valence-corrected chi connectivity index (χ1v) is 12.1. The van der Waals surface area contributed by atoms with Crippen LogP contribution in [0.5, 0.6) is 5.75 Å². The first-order valence-electron chi connectivity index (χ1n) is 10.2. The topological polar surface area (TPSA) is 52.6 Å². The fraction of sp³-hybridized carbons (Fsp3) is 0.440. The van der Waals surface area contributed by atoms with Crippen molar-refractivity contribution >= 4 is 31.2 Å². The molecule has 1 fully saturated rings. The van der Waals surface area contributed by atoms with Crippen LogP contribution in [-0.4, -0.2) is 40.9 Å². The molecule has 0 N–H and O–H groups in total. The molecule has 2 aromatic carbocycles. The molecule has 0 saturated heterocycles. The molecule has 1 saturated carbocycles. The van der Waals surface area contributed by atoms with E-state index in [2.05, 4.69) is 38.1 Å². The summed E-state index contributed by atoms with van der Waals surface area (Å²) in [5.41, 5.74) is -0.411. The van der Waals surface area contributed by atoms with Crippen molar-refractivity contribution in [1.29, 1.82) is 0 Å². The van der Waals surface area contributed by atoms with Crippen LogP contribution in [0.2, 0.25) is 4.82 Å². The van der Waals surface area contributed by atoms with E-state index in [-0.39, 0.29) is 25.6 Å². The van der Waals surface area contributed by atoms with E-state index in [1.54, 1.807) is 7.11 Å². The minimum absolute atomic E-state index is 0.00429. The Balaban J connectivity index is 1.92. The molecule has 0 amide bonds. The van der Waals surface area contributed by atoms with Crippen molar-refractivity contribution in [1.82, 2.24) is 0 Å². The molecule has 30 heavy (non-hydrogen) atoms. The number of Topliss-reactive ketones (excluding diaryl/α,β-unsaturated/α-hetero) is 1. The fourth-order valence-electron chi connectivity index (χ4n) is 5.42. The zero-order valence-corrected chi connectivity index (χ0v) is 19.9. The van der Waals surface area contributed by atoms with Crippen LogP contribution in [0.3, 0.4) is 0 Å². The van der Waals surface area contributed by atoms with Crippen molar-refractivity contribution < 1.29 is 19.1 Å². The van der Waals surface area contributed by atoms with Gasteiger partial charge in [0.25, 0.3) is 0 Å². The number of rotatable bonds is 4. The predicted octanol–water partition coefficient (Wildman–Crippen LogP) is 3.49. The Morgan fingerprint density at radius 3 is 2.40 bits per heavy atom. The summed E-state index contributed by atoms with van der Waals surface area (Å²) < 4.78 is 12.0. The summed E-state index contributed by atoms with van der Waals surface area (Å²) in [5.74, 6) is 0.336. The molecule has 0 spiro atoms. The second kappa shape index (κ2) is 7.25. The number of carbonyl (C=O) groups excluding carboxylic acids is 2. The van der Waals surface area contributed by atoms with Crippen molar-refractivity contribution in [2.24, 2.45) is 10.8 Å². The number of benzene rings is 2. The summed E-state index contributed by atoms with van der Waals surface area (Å²) in [4.78, 5) is 27.6. The Hall–Kier alpha value is -2.10. The molecule has 3 atom stereocenters. The van der Waals surface area contributed by atoms with Crippen LogP contribution in [0, 0.1) is 10.8 Å². The van der Waals surface area contributed by atoms with Gasteiger partial charge in [0.1, 0.15) is 0 Å². The molecule has 0 aliphatic heterocycles. The first-order chi connectivity index (χ1) is 14.2. The fourth-order valence-corrected chi connectivity index (χ4v) is 8.68.